The summed E-state index contributed by atoms with van der Waals surface area (Å²) >= 11 is 7.34. The second kappa shape index (κ2) is 5.18. The van der Waals surface area contributed by atoms with E-state index in [1.807, 2.05) is 11.7 Å². The first-order valence-corrected chi connectivity index (χ1v) is 8.15. The lowest BCUT2D eigenvalue weighted by Gasteiger charge is -2.16. The molecule has 0 aliphatic rings. The zero-order valence-electron chi connectivity index (χ0n) is 11.9. The van der Waals surface area contributed by atoms with Crippen molar-refractivity contribution in [1.82, 2.24) is 19.3 Å². The van der Waals surface area contributed by atoms with Crippen molar-refractivity contribution in [3.05, 3.63) is 32.9 Å². The molecule has 3 aromatic rings. The molecule has 20 heavy (non-hydrogen) atoms. The smallest absolute Gasteiger partial charge is 0.179 e. The molecule has 0 fully saturated rings. The second-order valence-electron chi connectivity index (χ2n) is 4.86. The molecule has 0 aromatic carbocycles. The van der Waals surface area contributed by atoms with E-state index in [4.69, 9.17) is 12.2 Å². The number of nitrogens with one attached hydrogen (secondary N) is 1. The molecule has 1 unspecified atom stereocenters. The topological polar surface area (TPSA) is 38.5 Å². The fourth-order valence-corrected chi connectivity index (χ4v) is 3.98. The van der Waals surface area contributed by atoms with Gasteiger partial charge in [-0.1, -0.05) is 19.9 Å². The molecule has 0 aliphatic heterocycles. The number of nitrogens with zero attached hydrogens (tertiary/aromatic N) is 3. The van der Waals surface area contributed by atoms with Gasteiger partial charge in [-0.15, -0.1) is 11.3 Å². The Hall–Kier alpha value is -1.40. The van der Waals surface area contributed by atoms with Crippen molar-refractivity contribution in [1.29, 1.82) is 0 Å². The molecule has 0 radical (unpaired) electrons. The summed E-state index contributed by atoms with van der Waals surface area (Å²) < 4.78 is 4.93. The van der Waals surface area contributed by atoms with Crippen LogP contribution in [0.15, 0.2) is 17.5 Å². The largest absolute Gasteiger partial charge is 0.328 e. The van der Waals surface area contributed by atoms with Crippen molar-refractivity contribution in [3.63, 3.8) is 0 Å². The number of imidazole rings is 1. The number of thiophene rings is 1. The predicted molar refractivity (Wildman–Crippen MR) is 86.0 cm³/mol. The Bertz CT molecular complexity index is 776. The fraction of sp³-hybridized carbons (Fsp3) is 0.429. The average Bonchev–Trinajstić information content (AvgIpc) is 3.11. The molecule has 0 spiro atoms. The lowest BCUT2D eigenvalue weighted by molar-refractivity contribution is 0.567. The number of H-pyrrole nitrogens is 1. The summed E-state index contributed by atoms with van der Waals surface area (Å²) in [6.45, 7) is 4.31. The highest BCUT2D eigenvalue weighted by atomic mass is 32.1. The molecule has 0 saturated heterocycles. The first kappa shape index (κ1) is 13.6. The number of hydrogen-bond donors (Lipinski definition) is 1. The molecule has 0 bridgehead atoms. The van der Waals surface area contributed by atoms with Crippen LogP contribution in [0.1, 0.15) is 36.9 Å². The third-order valence-corrected chi connectivity index (χ3v) is 4.95. The number of hydrogen-bond acceptors (Lipinski definition) is 3. The lowest BCUT2D eigenvalue weighted by atomic mass is 10.2. The Morgan fingerprint density at radius 2 is 2.25 bits per heavy atom. The van der Waals surface area contributed by atoms with Gasteiger partial charge in [0.15, 0.2) is 10.4 Å². The maximum Gasteiger partial charge on any atom is 0.179 e. The highest BCUT2D eigenvalue weighted by Gasteiger charge is 2.21. The molecule has 4 nitrogen and oxygen atoms in total. The Morgan fingerprint density at radius 1 is 1.45 bits per heavy atom. The van der Waals surface area contributed by atoms with Gasteiger partial charge in [-0.3, -0.25) is 9.25 Å². The SMILES string of the molecule is CCc1nn(C)c2c1[nH]c(=S)n2C(CC)c1cccs1. The van der Waals surface area contributed by atoms with Crippen LogP contribution in [-0.4, -0.2) is 19.3 Å². The molecule has 0 saturated carbocycles. The first-order valence-electron chi connectivity index (χ1n) is 6.86. The molecule has 106 valence electrons. The van der Waals surface area contributed by atoms with Crippen LogP contribution in [0.4, 0.5) is 0 Å². The van der Waals surface area contributed by atoms with Gasteiger partial charge < -0.3 is 4.98 Å². The maximum absolute atomic E-state index is 5.56. The van der Waals surface area contributed by atoms with Crippen molar-refractivity contribution >= 4 is 34.7 Å². The molecule has 0 amide bonds. The highest BCUT2D eigenvalue weighted by molar-refractivity contribution is 7.71. The quantitative estimate of drug-likeness (QED) is 0.738. The van der Waals surface area contributed by atoms with Gasteiger partial charge in [-0.2, -0.15) is 5.10 Å². The molecule has 3 heterocycles. The minimum Gasteiger partial charge on any atom is -0.328 e. The Balaban J connectivity index is 2.27. The summed E-state index contributed by atoms with van der Waals surface area (Å²) in [5, 5.41) is 6.71. The molecule has 3 aromatic heterocycles. The summed E-state index contributed by atoms with van der Waals surface area (Å²) in [4.78, 5) is 4.68. The molecule has 1 atom stereocenters. The van der Waals surface area contributed by atoms with E-state index in [9.17, 15) is 0 Å². The van der Waals surface area contributed by atoms with Crippen LogP contribution in [0.3, 0.4) is 0 Å². The van der Waals surface area contributed by atoms with E-state index in [0.717, 1.165) is 34.5 Å². The van der Waals surface area contributed by atoms with Crippen LogP contribution >= 0.6 is 23.6 Å². The summed E-state index contributed by atoms with van der Waals surface area (Å²) in [5.41, 5.74) is 3.25. The minimum atomic E-state index is 0.274. The van der Waals surface area contributed by atoms with Crippen molar-refractivity contribution < 1.29 is 0 Å². The highest BCUT2D eigenvalue weighted by Crippen LogP contribution is 2.30. The van der Waals surface area contributed by atoms with Crippen LogP contribution in [0.5, 0.6) is 0 Å². The van der Waals surface area contributed by atoms with Crippen LogP contribution in [0, 0.1) is 4.77 Å². The van der Waals surface area contributed by atoms with E-state index < -0.39 is 0 Å². The normalized spacial score (nSPS) is 13.2. The fourth-order valence-electron chi connectivity index (χ4n) is 2.77. The number of aryl methyl sites for hydroxylation is 2. The Morgan fingerprint density at radius 3 is 2.85 bits per heavy atom. The van der Waals surface area contributed by atoms with E-state index in [-0.39, 0.29) is 6.04 Å². The first-order chi connectivity index (χ1) is 9.67. The van der Waals surface area contributed by atoms with E-state index in [2.05, 4.69) is 46.0 Å². The molecule has 1 N–H and O–H groups in total. The van der Waals surface area contributed by atoms with E-state index in [1.54, 1.807) is 11.3 Å². The summed E-state index contributed by atoms with van der Waals surface area (Å²) in [6.07, 6.45) is 1.91. The van der Waals surface area contributed by atoms with Gasteiger partial charge in [0.05, 0.1) is 11.7 Å². The molecule has 0 aliphatic carbocycles. The monoisotopic (exact) mass is 306 g/mol. The molecule has 3 rings (SSSR count). The number of fused-ring (bicyclic) bond motifs is 1. The molecule has 6 heteroatoms. The number of aromatic amines is 1. The van der Waals surface area contributed by atoms with Crippen molar-refractivity contribution in [2.45, 2.75) is 32.7 Å². The van der Waals surface area contributed by atoms with Crippen molar-refractivity contribution in [2.75, 3.05) is 0 Å². The second-order valence-corrected chi connectivity index (χ2v) is 6.23. The zero-order valence-corrected chi connectivity index (χ0v) is 13.5. The van der Waals surface area contributed by atoms with E-state index >= 15 is 0 Å². The maximum atomic E-state index is 5.56. The third kappa shape index (κ3) is 1.94. The summed E-state index contributed by atoms with van der Waals surface area (Å²) in [7, 11) is 1.99. The van der Waals surface area contributed by atoms with E-state index in [1.165, 1.54) is 4.88 Å². The standard InChI is InChI=1S/C14H18N4S2/c1-4-9-12-13(17(3)16-9)18(14(19)15-12)10(5-2)11-7-6-8-20-11/h6-8,10H,4-5H2,1-3H3,(H,15,19). The Kier molecular flexibility index (Phi) is 3.52. The molecular weight excluding hydrogens is 288 g/mol. The van der Waals surface area contributed by atoms with Crippen LogP contribution in [0.2, 0.25) is 0 Å². The number of rotatable bonds is 4. The van der Waals surface area contributed by atoms with Gasteiger partial charge in [-0.05, 0) is 36.5 Å². The van der Waals surface area contributed by atoms with Gasteiger partial charge >= 0.3 is 0 Å². The van der Waals surface area contributed by atoms with E-state index in [0.29, 0.717) is 0 Å². The Labute approximate surface area is 127 Å². The number of aromatic nitrogens is 4. The third-order valence-electron chi connectivity index (χ3n) is 3.67. The minimum absolute atomic E-state index is 0.274. The van der Waals surface area contributed by atoms with Gasteiger partial charge in [-0.25, -0.2) is 0 Å². The summed E-state index contributed by atoms with van der Waals surface area (Å²) in [6, 6.07) is 4.55. The predicted octanol–water partition coefficient (Wildman–Crippen LogP) is 4.06. The van der Waals surface area contributed by atoms with Crippen LogP contribution in [0.25, 0.3) is 11.2 Å². The van der Waals surface area contributed by atoms with Crippen LogP contribution in [-0.2, 0) is 13.5 Å². The van der Waals surface area contributed by atoms with Crippen molar-refractivity contribution in [2.24, 2.45) is 7.05 Å². The zero-order chi connectivity index (χ0) is 14.3. The van der Waals surface area contributed by atoms with Crippen molar-refractivity contribution in [3.8, 4) is 0 Å². The molecular formula is C14H18N4S2. The van der Waals surface area contributed by atoms with Gasteiger partial charge in [0, 0.05) is 11.9 Å². The van der Waals surface area contributed by atoms with Gasteiger partial charge in [0.1, 0.15) is 5.52 Å². The lowest BCUT2D eigenvalue weighted by Crippen LogP contribution is -2.11. The van der Waals surface area contributed by atoms with Gasteiger partial charge in [0.2, 0.25) is 0 Å². The van der Waals surface area contributed by atoms with Gasteiger partial charge in [0.25, 0.3) is 0 Å². The summed E-state index contributed by atoms with van der Waals surface area (Å²) in [5.74, 6) is 0. The average molecular weight is 306 g/mol. The van der Waals surface area contributed by atoms with Crippen LogP contribution < -0.4 is 0 Å².